The largest absolute Gasteiger partial charge is 0.469 e. The average Bonchev–Trinajstić information content (AvgIpc) is 2.44. The third-order valence-corrected chi connectivity index (χ3v) is 2.81. The highest BCUT2D eigenvalue weighted by molar-refractivity contribution is 5.20. The fraction of sp³-hybridized carbons (Fsp3) is 0.600. The van der Waals surface area contributed by atoms with Crippen LogP contribution in [0.3, 0.4) is 0 Å². The summed E-state index contributed by atoms with van der Waals surface area (Å²) in [5.74, 6) is 1.00. The summed E-state index contributed by atoms with van der Waals surface area (Å²) in [6.07, 6.45) is 2.68. The maximum absolute atomic E-state index is 5.50. The number of rotatable bonds is 3. The quantitative estimate of drug-likeness (QED) is 0.758. The minimum Gasteiger partial charge on any atom is -0.469 e. The van der Waals surface area contributed by atoms with Crippen LogP contribution in [0.25, 0.3) is 0 Å². The Kier molecular flexibility index (Phi) is 2.14. The molecule has 3 heteroatoms. The molecule has 0 aromatic carbocycles. The molecular weight excluding hydrogens is 166 g/mol. The minimum absolute atomic E-state index is 0.00856. The number of ether oxygens (including phenoxy) is 1. The van der Waals surface area contributed by atoms with E-state index >= 15 is 0 Å². The summed E-state index contributed by atoms with van der Waals surface area (Å²) < 4.78 is 10.7. The normalized spacial score (nSPS) is 19.8. The highest BCUT2D eigenvalue weighted by Gasteiger charge is 2.37. The van der Waals surface area contributed by atoms with Crippen molar-refractivity contribution in [2.45, 2.75) is 18.9 Å². The second-order valence-corrected chi connectivity index (χ2v) is 3.67. The molecule has 1 aromatic rings. The molecule has 1 aliphatic heterocycles. The van der Waals surface area contributed by atoms with Crippen molar-refractivity contribution in [3.63, 3.8) is 0 Å². The lowest BCUT2D eigenvalue weighted by molar-refractivity contribution is -0.0504. The molecule has 2 rings (SSSR count). The zero-order chi connectivity index (χ0) is 9.31. The summed E-state index contributed by atoms with van der Waals surface area (Å²) in [5, 5.41) is 3.23. The van der Waals surface area contributed by atoms with Crippen LogP contribution in [0.1, 0.15) is 11.3 Å². The highest BCUT2D eigenvalue weighted by atomic mass is 16.5. The fourth-order valence-corrected chi connectivity index (χ4v) is 1.69. The molecule has 3 nitrogen and oxygen atoms in total. The maximum Gasteiger partial charge on any atom is 0.103 e. The van der Waals surface area contributed by atoms with Gasteiger partial charge in [-0.1, -0.05) is 0 Å². The van der Waals surface area contributed by atoms with Crippen molar-refractivity contribution in [1.29, 1.82) is 0 Å². The molecule has 1 saturated heterocycles. The second kappa shape index (κ2) is 3.16. The molecule has 0 unspecified atom stereocenters. The van der Waals surface area contributed by atoms with E-state index in [1.165, 1.54) is 5.56 Å². The molecule has 0 saturated carbocycles. The zero-order valence-electron chi connectivity index (χ0n) is 8.09. The van der Waals surface area contributed by atoms with Gasteiger partial charge in [-0.3, -0.25) is 0 Å². The van der Waals surface area contributed by atoms with Crippen molar-refractivity contribution in [3.8, 4) is 0 Å². The summed E-state index contributed by atoms with van der Waals surface area (Å²) in [6, 6.07) is 2.02. The lowest BCUT2D eigenvalue weighted by Gasteiger charge is -2.41. The van der Waals surface area contributed by atoms with Crippen molar-refractivity contribution < 1.29 is 9.15 Å². The number of hydrogen-bond acceptors (Lipinski definition) is 3. The molecule has 0 amide bonds. The van der Waals surface area contributed by atoms with E-state index in [0.717, 1.165) is 25.3 Å². The van der Waals surface area contributed by atoms with E-state index in [1.807, 2.05) is 13.0 Å². The van der Waals surface area contributed by atoms with Gasteiger partial charge in [0.1, 0.15) is 5.76 Å². The van der Waals surface area contributed by atoms with Crippen LogP contribution in [-0.2, 0) is 11.2 Å². The molecule has 1 N–H and O–H groups in total. The Balaban J connectivity index is 2.08. The van der Waals surface area contributed by atoms with Crippen LogP contribution in [0.2, 0.25) is 0 Å². The third-order valence-electron chi connectivity index (χ3n) is 2.81. The van der Waals surface area contributed by atoms with Crippen LogP contribution >= 0.6 is 0 Å². The van der Waals surface area contributed by atoms with Crippen LogP contribution in [0.4, 0.5) is 0 Å². The first-order valence-electron chi connectivity index (χ1n) is 4.55. The second-order valence-electron chi connectivity index (χ2n) is 3.67. The van der Waals surface area contributed by atoms with Crippen molar-refractivity contribution >= 4 is 0 Å². The minimum atomic E-state index is 0.00856. The van der Waals surface area contributed by atoms with Gasteiger partial charge < -0.3 is 14.5 Å². The Morgan fingerprint density at radius 3 is 2.77 bits per heavy atom. The molecule has 1 aromatic heterocycles. The van der Waals surface area contributed by atoms with E-state index in [1.54, 1.807) is 13.4 Å². The number of nitrogens with one attached hydrogen (secondary N) is 1. The number of aryl methyl sites for hydroxylation is 1. The Bertz CT molecular complexity index is 283. The molecule has 0 radical (unpaired) electrons. The standard InChI is InChI=1S/C10H15NO2/c1-8-9(3-4-13-8)5-10(12-2)6-11-7-10/h3-4,11H,5-7H2,1-2H3. The van der Waals surface area contributed by atoms with Gasteiger partial charge in [-0.25, -0.2) is 0 Å². The first-order chi connectivity index (χ1) is 6.26. The number of methoxy groups -OCH3 is 1. The van der Waals surface area contributed by atoms with E-state index in [0.29, 0.717) is 0 Å². The van der Waals surface area contributed by atoms with Gasteiger partial charge in [-0.2, -0.15) is 0 Å². The van der Waals surface area contributed by atoms with E-state index in [9.17, 15) is 0 Å². The summed E-state index contributed by atoms with van der Waals surface area (Å²) in [7, 11) is 1.77. The average molecular weight is 181 g/mol. The van der Waals surface area contributed by atoms with Gasteiger partial charge in [-0.05, 0) is 18.6 Å². The van der Waals surface area contributed by atoms with E-state index in [2.05, 4.69) is 5.32 Å². The van der Waals surface area contributed by atoms with Crippen LogP contribution in [0.5, 0.6) is 0 Å². The highest BCUT2D eigenvalue weighted by Crippen LogP contribution is 2.23. The SMILES string of the molecule is COC1(Cc2ccoc2C)CNC1. The first-order valence-corrected chi connectivity index (χ1v) is 4.55. The van der Waals surface area contributed by atoms with Gasteiger partial charge in [0.2, 0.25) is 0 Å². The zero-order valence-corrected chi connectivity index (χ0v) is 8.09. The molecule has 13 heavy (non-hydrogen) atoms. The lowest BCUT2D eigenvalue weighted by atomic mass is 9.89. The smallest absolute Gasteiger partial charge is 0.103 e. The van der Waals surface area contributed by atoms with Gasteiger partial charge in [0.25, 0.3) is 0 Å². The molecule has 0 bridgehead atoms. The van der Waals surface area contributed by atoms with Gasteiger partial charge in [0.15, 0.2) is 0 Å². The predicted molar refractivity (Wildman–Crippen MR) is 49.8 cm³/mol. The Hall–Kier alpha value is -0.800. The number of furan rings is 1. The van der Waals surface area contributed by atoms with Crippen molar-refractivity contribution in [2.75, 3.05) is 20.2 Å². The van der Waals surface area contributed by atoms with Crippen LogP contribution in [-0.4, -0.2) is 25.8 Å². The Morgan fingerprint density at radius 1 is 1.62 bits per heavy atom. The molecule has 1 fully saturated rings. The van der Waals surface area contributed by atoms with E-state index in [-0.39, 0.29) is 5.60 Å². The Labute approximate surface area is 78.1 Å². The first kappa shape index (κ1) is 8.78. The third kappa shape index (κ3) is 1.49. The van der Waals surface area contributed by atoms with Crippen molar-refractivity contribution in [1.82, 2.24) is 5.32 Å². The molecule has 72 valence electrons. The fourth-order valence-electron chi connectivity index (χ4n) is 1.69. The van der Waals surface area contributed by atoms with Gasteiger partial charge in [0, 0.05) is 26.6 Å². The number of hydrogen-bond donors (Lipinski definition) is 1. The topological polar surface area (TPSA) is 34.4 Å². The van der Waals surface area contributed by atoms with Crippen molar-refractivity contribution in [2.24, 2.45) is 0 Å². The molecule has 1 aliphatic rings. The molecule has 2 heterocycles. The van der Waals surface area contributed by atoms with Crippen LogP contribution < -0.4 is 5.32 Å². The summed E-state index contributed by atoms with van der Waals surface area (Å²) in [5.41, 5.74) is 1.26. The predicted octanol–water partition coefficient (Wildman–Crippen LogP) is 1.12. The van der Waals surface area contributed by atoms with Crippen LogP contribution in [0, 0.1) is 6.92 Å². The van der Waals surface area contributed by atoms with Gasteiger partial charge >= 0.3 is 0 Å². The summed E-state index contributed by atoms with van der Waals surface area (Å²) in [6.45, 7) is 3.87. The van der Waals surface area contributed by atoms with Gasteiger partial charge in [0.05, 0.1) is 11.9 Å². The maximum atomic E-state index is 5.50. The monoisotopic (exact) mass is 181 g/mol. The van der Waals surface area contributed by atoms with Crippen molar-refractivity contribution in [3.05, 3.63) is 23.7 Å². The van der Waals surface area contributed by atoms with E-state index < -0.39 is 0 Å². The Morgan fingerprint density at radius 2 is 2.38 bits per heavy atom. The lowest BCUT2D eigenvalue weighted by Crippen LogP contribution is -2.61. The molecule has 0 spiro atoms. The van der Waals surface area contributed by atoms with E-state index in [4.69, 9.17) is 9.15 Å². The summed E-state index contributed by atoms with van der Waals surface area (Å²) in [4.78, 5) is 0. The van der Waals surface area contributed by atoms with Crippen LogP contribution in [0.15, 0.2) is 16.7 Å². The molecule has 0 aliphatic carbocycles. The molecular formula is C10H15NO2. The molecule has 0 atom stereocenters. The summed E-state index contributed by atoms with van der Waals surface area (Å²) >= 11 is 0. The van der Waals surface area contributed by atoms with Gasteiger partial charge in [-0.15, -0.1) is 0 Å².